The summed E-state index contributed by atoms with van der Waals surface area (Å²) in [6.45, 7) is 2.73. The van der Waals surface area contributed by atoms with E-state index in [-0.39, 0.29) is 45.2 Å². The summed E-state index contributed by atoms with van der Waals surface area (Å²) < 4.78 is 1.44. The standard InChI is InChI=1S/C38H42N2O.2BrH/c1-39(2)27-25-37(30-17-9-5-10-18-30,31-19-11-6-12-20-31)34(29-39)35-36(41)38(26-28-40(35,3)4,32-21-13-7-14-22-32)33-23-15-8-16-24-33;;/h5-24H,25-29H2,1-4H3;2*1H/q+2;;/p-2. The van der Waals surface area contributed by atoms with Gasteiger partial charge in [-0.15, -0.1) is 0 Å². The van der Waals surface area contributed by atoms with E-state index in [0.717, 1.165) is 53.8 Å². The average Bonchev–Trinajstić information content (AvgIpc) is 2.99. The number of halogens is 2. The van der Waals surface area contributed by atoms with Gasteiger partial charge in [-0.2, -0.15) is 0 Å². The molecule has 0 bridgehead atoms. The molecule has 5 heteroatoms. The van der Waals surface area contributed by atoms with E-state index < -0.39 is 5.41 Å². The van der Waals surface area contributed by atoms with E-state index in [1.165, 1.54) is 16.7 Å². The molecule has 2 saturated heterocycles. The van der Waals surface area contributed by atoms with Gasteiger partial charge in [-0.1, -0.05) is 121 Å². The van der Waals surface area contributed by atoms with Gasteiger partial charge in [0.2, 0.25) is 5.78 Å². The quantitative estimate of drug-likeness (QED) is 0.227. The van der Waals surface area contributed by atoms with Gasteiger partial charge in [-0.25, -0.2) is 0 Å². The lowest BCUT2D eigenvalue weighted by molar-refractivity contribution is -0.892. The molecule has 3 nitrogen and oxygen atoms in total. The number of nitrogens with zero attached hydrogens (tertiary/aromatic N) is 2. The molecule has 0 aliphatic carbocycles. The minimum atomic E-state index is -0.730. The molecule has 0 saturated carbocycles. The smallest absolute Gasteiger partial charge is 0.231 e. The Bertz CT molecular complexity index is 1490. The Morgan fingerprint density at radius 1 is 0.512 bits per heavy atom. The van der Waals surface area contributed by atoms with Crippen molar-refractivity contribution in [2.45, 2.75) is 23.7 Å². The first-order chi connectivity index (χ1) is 19.7. The molecule has 4 aromatic carbocycles. The number of piperidine rings is 2. The molecule has 0 N–H and O–H groups in total. The predicted octanol–water partition coefficient (Wildman–Crippen LogP) is 0.750. The lowest BCUT2D eigenvalue weighted by atomic mass is 9.60. The molecule has 0 radical (unpaired) electrons. The molecule has 2 aliphatic heterocycles. The number of likely N-dealkylation sites (N-methyl/N-ethyl adjacent to an activating group) is 2. The first-order valence-corrected chi connectivity index (χ1v) is 14.9. The average molecular weight is 703 g/mol. The molecule has 0 amide bonds. The molecule has 6 rings (SSSR count). The van der Waals surface area contributed by atoms with Gasteiger partial charge in [0.25, 0.3) is 0 Å². The molecule has 224 valence electrons. The number of likely N-dealkylation sites (tertiary alicyclic amines) is 2. The summed E-state index contributed by atoms with van der Waals surface area (Å²) >= 11 is 0. The van der Waals surface area contributed by atoms with Crippen LogP contribution in [-0.4, -0.2) is 62.6 Å². The van der Waals surface area contributed by atoms with E-state index in [9.17, 15) is 0 Å². The fourth-order valence-corrected chi connectivity index (χ4v) is 7.60. The van der Waals surface area contributed by atoms with Gasteiger partial charge in [0.1, 0.15) is 6.54 Å². The number of allylic oxidation sites excluding steroid dienone is 1. The lowest BCUT2D eigenvalue weighted by Gasteiger charge is -2.51. The largest absolute Gasteiger partial charge is 1.00 e. The Labute approximate surface area is 278 Å². The van der Waals surface area contributed by atoms with Crippen LogP contribution in [0.25, 0.3) is 0 Å². The van der Waals surface area contributed by atoms with E-state index in [2.05, 4.69) is 137 Å². The highest BCUT2D eigenvalue weighted by Gasteiger charge is 2.58. The maximum absolute atomic E-state index is 15.6. The third-order valence-electron chi connectivity index (χ3n) is 9.80. The van der Waals surface area contributed by atoms with Crippen LogP contribution in [0, 0.1) is 0 Å². The molecule has 2 heterocycles. The molecule has 0 spiro atoms. The maximum atomic E-state index is 15.6. The number of carbonyl (C=O) groups excluding carboxylic acids is 1. The fraction of sp³-hybridized carbons (Fsp3) is 0.289. The number of hydrogen-bond acceptors (Lipinski definition) is 1. The van der Waals surface area contributed by atoms with Gasteiger partial charge >= 0.3 is 0 Å². The van der Waals surface area contributed by atoms with E-state index >= 15 is 4.79 Å². The first-order valence-electron chi connectivity index (χ1n) is 14.9. The maximum Gasteiger partial charge on any atom is 0.231 e. The summed E-state index contributed by atoms with van der Waals surface area (Å²) in [5.74, 6) is 0.249. The normalized spacial score (nSPS) is 21.6. The number of carbonyl (C=O) groups is 1. The van der Waals surface area contributed by atoms with Crippen LogP contribution < -0.4 is 34.0 Å². The first kappa shape index (κ1) is 33.1. The fourth-order valence-electron chi connectivity index (χ4n) is 7.60. The number of rotatable bonds is 4. The van der Waals surface area contributed by atoms with Crippen molar-refractivity contribution >= 4 is 5.78 Å². The number of Topliss-reactive ketones (excluding diaryl/α,β-unsaturated/α-hetero) is 1. The zero-order valence-corrected chi connectivity index (χ0v) is 28.8. The Morgan fingerprint density at radius 2 is 0.860 bits per heavy atom. The van der Waals surface area contributed by atoms with Crippen LogP contribution in [0.1, 0.15) is 35.1 Å². The van der Waals surface area contributed by atoms with Crippen molar-refractivity contribution < 1.29 is 47.7 Å². The van der Waals surface area contributed by atoms with Gasteiger partial charge < -0.3 is 38.4 Å². The van der Waals surface area contributed by atoms with Crippen molar-refractivity contribution in [2.75, 3.05) is 47.8 Å². The zero-order valence-electron chi connectivity index (χ0n) is 25.6. The summed E-state index contributed by atoms with van der Waals surface area (Å²) in [6, 6.07) is 42.9. The Balaban J connectivity index is 0.00000212. The Kier molecular flexibility index (Phi) is 9.73. The van der Waals surface area contributed by atoms with Crippen molar-refractivity contribution in [3.8, 4) is 0 Å². The van der Waals surface area contributed by atoms with Crippen LogP contribution in [0.3, 0.4) is 0 Å². The highest BCUT2D eigenvalue weighted by Crippen LogP contribution is 2.52. The number of quaternary nitrogens is 2. The van der Waals surface area contributed by atoms with Crippen molar-refractivity contribution in [2.24, 2.45) is 0 Å². The topological polar surface area (TPSA) is 17.1 Å². The van der Waals surface area contributed by atoms with Crippen LogP contribution in [0.15, 0.2) is 133 Å². The van der Waals surface area contributed by atoms with Crippen molar-refractivity contribution in [1.82, 2.24) is 0 Å². The zero-order chi connectivity index (χ0) is 28.7. The number of benzene rings is 4. The minimum Gasteiger partial charge on any atom is -1.00 e. The van der Waals surface area contributed by atoms with E-state index in [0.29, 0.717) is 4.48 Å². The second-order valence-corrected chi connectivity index (χ2v) is 13.2. The number of ketones is 1. The highest BCUT2D eigenvalue weighted by atomic mass is 79.9. The summed E-state index contributed by atoms with van der Waals surface area (Å²) in [5, 5.41) is 0. The monoisotopic (exact) mass is 700 g/mol. The summed E-state index contributed by atoms with van der Waals surface area (Å²) in [6.07, 6.45) is 1.72. The van der Waals surface area contributed by atoms with Gasteiger partial charge in [0.15, 0.2) is 5.70 Å². The van der Waals surface area contributed by atoms with Crippen LogP contribution >= 0.6 is 0 Å². The molecule has 2 aliphatic rings. The molecule has 0 aromatic heterocycles. The van der Waals surface area contributed by atoms with Gasteiger partial charge in [0, 0.05) is 12.8 Å². The number of hydrogen-bond donors (Lipinski definition) is 0. The van der Waals surface area contributed by atoms with E-state index in [1.807, 2.05) is 12.1 Å². The molecule has 4 aromatic rings. The molecular formula is C38H42Br2N2O. The minimum absolute atomic E-state index is 0. The van der Waals surface area contributed by atoms with Crippen molar-refractivity contribution in [3.05, 3.63) is 155 Å². The second-order valence-electron chi connectivity index (χ2n) is 13.2. The van der Waals surface area contributed by atoms with Gasteiger partial charge in [-0.3, -0.25) is 9.28 Å². The van der Waals surface area contributed by atoms with Crippen molar-refractivity contribution in [1.29, 1.82) is 0 Å². The summed E-state index contributed by atoms with van der Waals surface area (Å²) in [4.78, 5) is 15.6. The molecular weight excluding hydrogens is 660 g/mol. The summed E-state index contributed by atoms with van der Waals surface area (Å²) in [7, 11) is 9.12. The molecule has 2 fully saturated rings. The predicted molar refractivity (Wildman–Crippen MR) is 167 cm³/mol. The summed E-state index contributed by atoms with van der Waals surface area (Å²) in [5.41, 5.74) is 5.86. The lowest BCUT2D eigenvalue weighted by Crippen LogP contribution is -3.00. The molecule has 43 heavy (non-hydrogen) atoms. The van der Waals surface area contributed by atoms with Crippen LogP contribution in [0.2, 0.25) is 0 Å². The van der Waals surface area contributed by atoms with E-state index in [1.54, 1.807) is 0 Å². The van der Waals surface area contributed by atoms with Crippen LogP contribution in [0.5, 0.6) is 0 Å². The Hall–Kier alpha value is -2.83. The SMILES string of the molecule is C[N+]1(C)CCC(c2ccccc2)(c2ccccc2)C(=C2C(=O)C(c3ccccc3)(c3ccccc3)CC[N+]2(C)C)C1.[Br-].[Br-]. The van der Waals surface area contributed by atoms with Gasteiger partial charge in [0.05, 0.1) is 57.7 Å². The van der Waals surface area contributed by atoms with Crippen molar-refractivity contribution in [3.63, 3.8) is 0 Å². The third-order valence-corrected chi connectivity index (χ3v) is 9.80. The second kappa shape index (κ2) is 12.6. The van der Waals surface area contributed by atoms with Gasteiger partial charge in [-0.05, 0) is 22.3 Å². The van der Waals surface area contributed by atoms with Crippen LogP contribution in [0.4, 0.5) is 0 Å². The molecule has 0 atom stereocenters. The third kappa shape index (κ3) is 5.62. The Morgan fingerprint density at radius 3 is 1.26 bits per heavy atom. The highest BCUT2D eigenvalue weighted by molar-refractivity contribution is 6.06. The van der Waals surface area contributed by atoms with E-state index in [4.69, 9.17) is 0 Å². The van der Waals surface area contributed by atoms with Crippen LogP contribution in [-0.2, 0) is 15.6 Å². The molecule has 0 unspecified atom stereocenters.